The zero-order valence-corrected chi connectivity index (χ0v) is 18.3. The highest BCUT2D eigenvalue weighted by molar-refractivity contribution is 14.0. The summed E-state index contributed by atoms with van der Waals surface area (Å²) in [6, 6.07) is 1.14. The van der Waals surface area contributed by atoms with E-state index in [0.717, 1.165) is 29.4 Å². The lowest BCUT2D eigenvalue weighted by molar-refractivity contribution is 0.244. The van der Waals surface area contributed by atoms with Crippen LogP contribution in [-0.4, -0.2) is 32.8 Å². The number of hydrogen-bond acceptors (Lipinski definition) is 3. The highest BCUT2D eigenvalue weighted by Gasteiger charge is 2.27. The summed E-state index contributed by atoms with van der Waals surface area (Å²) in [6.45, 7) is 7.23. The molecular weight excluding hydrogens is 427 g/mol. The fourth-order valence-electron chi connectivity index (χ4n) is 3.45. The van der Waals surface area contributed by atoms with Gasteiger partial charge in [-0.1, -0.05) is 26.7 Å². The number of aliphatic imine (C=N–C) groups is 1. The van der Waals surface area contributed by atoms with Gasteiger partial charge in [-0.2, -0.15) is 0 Å². The molecule has 0 saturated heterocycles. The van der Waals surface area contributed by atoms with E-state index in [1.54, 1.807) is 0 Å². The molecule has 0 bridgehead atoms. The average Bonchev–Trinajstić information content (AvgIpc) is 3.32. The Morgan fingerprint density at radius 2 is 1.88 bits per heavy atom. The number of halogens is 1. The minimum Gasteiger partial charge on any atom is -0.354 e. The van der Waals surface area contributed by atoms with Crippen LogP contribution in [0, 0.1) is 18.8 Å². The molecule has 0 radical (unpaired) electrons. The summed E-state index contributed by atoms with van der Waals surface area (Å²) in [4.78, 5) is 4.78. The smallest absolute Gasteiger partial charge is 0.192 e. The third-order valence-corrected chi connectivity index (χ3v) is 5.48. The Morgan fingerprint density at radius 3 is 2.48 bits per heavy atom. The third-order valence-electron chi connectivity index (χ3n) is 5.48. The number of aromatic nitrogens is 3. The van der Waals surface area contributed by atoms with E-state index in [0.29, 0.717) is 18.6 Å². The molecule has 2 fully saturated rings. The molecule has 2 atom stereocenters. The lowest BCUT2D eigenvalue weighted by Crippen LogP contribution is -2.46. The fraction of sp³-hybridized carbons (Fsp3) is 0.833. The van der Waals surface area contributed by atoms with E-state index in [1.165, 1.54) is 38.5 Å². The molecular formula is C18H33IN6. The summed E-state index contributed by atoms with van der Waals surface area (Å²) in [7, 11) is 2.00. The molecule has 142 valence electrons. The number of nitrogens with zero attached hydrogens (tertiary/aromatic N) is 4. The van der Waals surface area contributed by atoms with Gasteiger partial charge in [-0.3, -0.25) is 0 Å². The number of hydrogen-bond donors (Lipinski definition) is 2. The number of aryl methyl sites for hydroxylation is 1. The minimum absolute atomic E-state index is 0. The second kappa shape index (κ2) is 9.19. The van der Waals surface area contributed by atoms with Crippen molar-refractivity contribution in [1.29, 1.82) is 0 Å². The van der Waals surface area contributed by atoms with Crippen LogP contribution in [0.1, 0.15) is 64.0 Å². The van der Waals surface area contributed by atoms with E-state index in [1.807, 2.05) is 18.5 Å². The molecule has 3 rings (SSSR count). The fourth-order valence-corrected chi connectivity index (χ4v) is 3.45. The molecule has 1 aromatic heterocycles. The molecule has 2 N–H and O–H groups in total. The quantitative estimate of drug-likeness (QED) is 0.403. The van der Waals surface area contributed by atoms with E-state index in [9.17, 15) is 0 Å². The van der Waals surface area contributed by atoms with Gasteiger partial charge in [0.25, 0.3) is 0 Å². The van der Waals surface area contributed by atoms with Gasteiger partial charge in [0.1, 0.15) is 12.4 Å². The second-order valence-corrected chi connectivity index (χ2v) is 7.82. The lowest BCUT2D eigenvalue weighted by Gasteiger charge is -2.33. The van der Waals surface area contributed by atoms with Crippen LogP contribution in [0.5, 0.6) is 0 Å². The number of guanidine groups is 1. The average molecular weight is 460 g/mol. The molecule has 7 heteroatoms. The molecule has 0 spiro atoms. The Hall–Kier alpha value is -0.860. The Balaban J connectivity index is 0.00000225. The maximum atomic E-state index is 4.78. The predicted molar refractivity (Wildman–Crippen MR) is 112 cm³/mol. The van der Waals surface area contributed by atoms with Gasteiger partial charge in [0.05, 0.1) is 0 Å². The molecule has 0 aliphatic heterocycles. The van der Waals surface area contributed by atoms with Crippen molar-refractivity contribution < 1.29 is 0 Å². The van der Waals surface area contributed by atoms with Crippen LogP contribution in [0.3, 0.4) is 0 Å². The van der Waals surface area contributed by atoms with Crippen molar-refractivity contribution in [2.45, 2.75) is 77.9 Å². The molecule has 1 aromatic rings. The largest absolute Gasteiger partial charge is 0.354 e. The van der Waals surface area contributed by atoms with Gasteiger partial charge in [-0.25, -0.2) is 4.99 Å². The molecule has 0 aromatic carbocycles. The summed E-state index contributed by atoms with van der Waals surface area (Å²) in [5.41, 5.74) is 0. The molecule has 0 amide bonds. The van der Waals surface area contributed by atoms with Gasteiger partial charge in [-0.15, -0.1) is 34.2 Å². The highest BCUT2D eigenvalue weighted by Crippen LogP contribution is 2.30. The minimum atomic E-state index is 0. The van der Waals surface area contributed by atoms with Gasteiger partial charge in [0.15, 0.2) is 11.8 Å². The van der Waals surface area contributed by atoms with E-state index < -0.39 is 0 Å². The van der Waals surface area contributed by atoms with E-state index >= 15 is 0 Å². The first kappa shape index (κ1) is 20.5. The monoisotopic (exact) mass is 460 g/mol. The Labute approximate surface area is 168 Å². The Kier molecular flexibility index (Phi) is 7.51. The molecule has 25 heavy (non-hydrogen) atoms. The maximum absolute atomic E-state index is 4.78. The Morgan fingerprint density at radius 1 is 1.16 bits per heavy atom. The standard InChI is InChI=1S/C18H32N6.HI/c1-12(2)14-6-5-7-16(10-14)21-18(20-15-8-9-15)19-11-17-23-22-13(3)24(17)4;/h12,14-16H,5-11H2,1-4H3,(H2,19,20,21);1H. The third kappa shape index (κ3) is 5.82. The number of rotatable bonds is 5. The van der Waals surface area contributed by atoms with Crippen LogP contribution in [0.4, 0.5) is 0 Å². The van der Waals surface area contributed by atoms with E-state index in [4.69, 9.17) is 4.99 Å². The molecule has 2 unspecified atom stereocenters. The summed E-state index contributed by atoms with van der Waals surface area (Å²) in [5.74, 6) is 4.39. The zero-order chi connectivity index (χ0) is 17.1. The van der Waals surface area contributed by atoms with Gasteiger partial charge in [-0.05, 0) is 44.4 Å². The van der Waals surface area contributed by atoms with Gasteiger partial charge < -0.3 is 15.2 Å². The van der Waals surface area contributed by atoms with Crippen molar-refractivity contribution in [2.24, 2.45) is 23.9 Å². The highest BCUT2D eigenvalue weighted by atomic mass is 127. The normalized spacial score (nSPS) is 24.1. The van der Waals surface area contributed by atoms with Crippen molar-refractivity contribution in [3.05, 3.63) is 11.6 Å². The van der Waals surface area contributed by atoms with Crippen molar-refractivity contribution in [3.8, 4) is 0 Å². The summed E-state index contributed by atoms with van der Waals surface area (Å²) >= 11 is 0. The molecule has 2 aliphatic rings. The van der Waals surface area contributed by atoms with Crippen LogP contribution < -0.4 is 10.6 Å². The van der Waals surface area contributed by atoms with E-state index in [-0.39, 0.29) is 24.0 Å². The Bertz CT molecular complexity index is 578. The molecule has 6 nitrogen and oxygen atoms in total. The van der Waals surface area contributed by atoms with Crippen LogP contribution >= 0.6 is 24.0 Å². The molecule has 2 aliphatic carbocycles. The topological polar surface area (TPSA) is 67.1 Å². The van der Waals surface area contributed by atoms with Crippen molar-refractivity contribution in [1.82, 2.24) is 25.4 Å². The summed E-state index contributed by atoms with van der Waals surface area (Å²) in [5, 5.41) is 15.6. The van der Waals surface area contributed by atoms with Crippen LogP contribution in [-0.2, 0) is 13.6 Å². The van der Waals surface area contributed by atoms with Crippen molar-refractivity contribution in [2.75, 3.05) is 0 Å². The first-order valence-electron chi connectivity index (χ1n) is 9.45. The first-order valence-corrected chi connectivity index (χ1v) is 9.45. The van der Waals surface area contributed by atoms with Crippen LogP contribution in [0.2, 0.25) is 0 Å². The molecule has 2 saturated carbocycles. The van der Waals surface area contributed by atoms with Crippen molar-refractivity contribution >= 4 is 29.9 Å². The van der Waals surface area contributed by atoms with Gasteiger partial charge in [0, 0.05) is 19.1 Å². The maximum Gasteiger partial charge on any atom is 0.192 e. The molecule has 1 heterocycles. The summed E-state index contributed by atoms with van der Waals surface area (Å²) < 4.78 is 2.01. The van der Waals surface area contributed by atoms with Crippen LogP contribution in [0.15, 0.2) is 4.99 Å². The lowest BCUT2D eigenvalue weighted by atomic mass is 9.79. The first-order chi connectivity index (χ1) is 11.5. The van der Waals surface area contributed by atoms with Gasteiger partial charge >= 0.3 is 0 Å². The zero-order valence-electron chi connectivity index (χ0n) is 16.0. The number of nitrogens with one attached hydrogen (secondary N) is 2. The van der Waals surface area contributed by atoms with Crippen LogP contribution in [0.25, 0.3) is 0 Å². The SMILES string of the molecule is Cc1nnc(CN=C(NC2CC2)NC2CCCC(C(C)C)C2)n1C.I. The summed E-state index contributed by atoms with van der Waals surface area (Å²) in [6.07, 6.45) is 7.70. The van der Waals surface area contributed by atoms with E-state index in [2.05, 4.69) is 34.7 Å². The van der Waals surface area contributed by atoms with Crippen molar-refractivity contribution in [3.63, 3.8) is 0 Å². The predicted octanol–water partition coefficient (Wildman–Crippen LogP) is 3.15. The second-order valence-electron chi connectivity index (χ2n) is 7.82. The van der Waals surface area contributed by atoms with Gasteiger partial charge in [0.2, 0.25) is 0 Å².